The number of hydrogen-bond acceptors (Lipinski definition) is 3. The molecule has 0 amide bonds. The van der Waals surface area contributed by atoms with Crippen LogP contribution in [0, 0.1) is 65.2 Å². The van der Waals surface area contributed by atoms with Crippen molar-refractivity contribution >= 4 is 20.3 Å². The van der Waals surface area contributed by atoms with E-state index in [1.807, 2.05) is 0 Å². The SMILES string of the molecule is Cc1c(C)c(C)c2nn(CO[CH-]P)nc2c1C.[U]. The fourth-order valence-electron chi connectivity index (χ4n) is 1.94. The minimum absolute atomic E-state index is 0. The summed E-state index contributed by atoms with van der Waals surface area (Å²) in [7, 11) is 2.39. The number of benzene rings is 1. The van der Waals surface area contributed by atoms with Gasteiger partial charge in [-0.3, -0.25) is 9.24 Å². The average Bonchev–Trinajstić information content (AvgIpc) is 2.75. The van der Waals surface area contributed by atoms with Crippen molar-refractivity contribution < 1.29 is 35.9 Å². The largest absolute Gasteiger partial charge is 0.530 e. The van der Waals surface area contributed by atoms with Gasteiger partial charge in [-0.25, -0.2) is 0 Å². The monoisotopic (exact) mass is 488 g/mol. The van der Waals surface area contributed by atoms with Gasteiger partial charge in [-0.1, -0.05) is 0 Å². The number of nitrogens with zero attached hydrogens (tertiary/aromatic N) is 3. The van der Waals surface area contributed by atoms with Crippen LogP contribution in [0.2, 0.25) is 0 Å². The van der Waals surface area contributed by atoms with E-state index in [0.717, 1.165) is 11.0 Å². The van der Waals surface area contributed by atoms with Crippen molar-refractivity contribution in [2.45, 2.75) is 34.4 Å². The van der Waals surface area contributed by atoms with Crippen LogP contribution in [0.4, 0.5) is 0 Å². The first-order chi connectivity index (χ1) is 8.06. The maximum absolute atomic E-state index is 5.17. The smallest absolute Gasteiger partial charge is 0.129 e. The van der Waals surface area contributed by atoms with Gasteiger partial charge in [0.2, 0.25) is 0 Å². The van der Waals surface area contributed by atoms with Gasteiger partial charge in [0.1, 0.15) is 17.8 Å². The molecule has 0 bridgehead atoms. The number of fused-ring (bicyclic) bond motifs is 1. The number of rotatable bonds is 3. The molecular weight excluding hydrogens is 471 g/mol. The van der Waals surface area contributed by atoms with Gasteiger partial charge in [0.25, 0.3) is 0 Å². The van der Waals surface area contributed by atoms with Crippen LogP contribution in [0.25, 0.3) is 11.0 Å². The molecule has 0 fully saturated rings. The molecular formula is C12H17N3OPU-. The summed E-state index contributed by atoms with van der Waals surface area (Å²) in [4.78, 5) is 1.59. The Hall–Kier alpha value is 0.0619. The van der Waals surface area contributed by atoms with E-state index in [1.165, 1.54) is 22.3 Å². The first kappa shape index (κ1) is 16.1. The molecule has 2 rings (SSSR count). The summed E-state index contributed by atoms with van der Waals surface area (Å²) in [5.41, 5.74) is 6.92. The molecule has 1 heterocycles. The second-order valence-electron chi connectivity index (χ2n) is 4.20. The zero-order valence-electron chi connectivity index (χ0n) is 11.1. The summed E-state index contributed by atoms with van der Waals surface area (Å²) in [5, 5.41) is 8.93. The van der Waals surface area contributed by atoms with Gasteiger partial charge in [-0.15, -0.1) is 0 Å². The molecule has 0 saturated carbocycles. The van der Waals surface area contributed by atoms with Crippen molar-refractivity contribution in [1.82, 2.24) is 15.0 Å². The maximum Gasteiger partial charge on any atom is 0.129 e. The van der Waals surface area contributed by atoms with E-state index in [0.29, 0.717) is 6.73 Å². The van der Waals surface area contributed by atoms with E-state index in [2.05, 4.69) is 47.1 Å². The predicted molar refractivity (Wildman–Crippen MR) is 71.6 cm³/mol. The Labute approximate surface area is 133 Å². The molecule has 0 spiro atoms. The van der Waals surface area contributed by atoms with Gasteiger partial charge >= 0.3 is 0 Å². The number of aromatic nitrogens is 3. The molecule has 2 aromatic rings. The van der Waals surface area contributed by atoms with Crippen LogP contribution in [0.5, 0.6) is 0 Å². The Morgan fingerprint density at radius 1 is 1.00 bits per heavy atom. The maximum atomic E-state index is 5.17. The molecule has 1 unspecified atom stereocenters. The molecule has 1 aromatic heterocycles. The molecule has 1 aromatic carbocycles. The molecule has 0 aliphatic rings. The molecule has 1 atom stereocenters. The summed E-state index contributed by atoms with van der Waals surface area (Å²) in [6.45, 7) is 8.78. The summed E-state index contributed by atoms with van der Waals surface area (Å²) in [5.74, 6) is 0. The molecule has 0 saturated heterocycles. The topological polar surface area (TPSA) is 39.9 Å². The van der Waals surface area contributed by atoms with Gasteiger partial charge < -0.3 is 4.74 Å². The minimum Gasteiger partial charge on any atom is -0.530 e. The zero-order chi connectivity index (χ0) is 12.6. The van der Waals surface area contributed by atoms with Crippen LogP contribution in [0.3, 0.4) is 0 Å². The first-order valence-electron chi connectivity index (χ1n) is 5.52. The Morgan fingerprint density at radius 2 is 1.44 bits per heavy atom. The van der Waals surface area contributed by atoms with Crippen molar-refractivity contribution in [3.05, 3.63) is 28.6 Å². The average molecular weight is 488 g/mol. The Morgan fingerprint density at radius 3 is 1.83 bits per heavy atom. The van der Waals surface area contributed by atoms with E-state index in [4.69, 9.17) is 4.74 Å². The van der Waals surface area contributed by atoms with Gasteiger partial charge in [0.05, 0.1) is 0 Å². The summed E-state index contributed by atoms with van der Waals surface area (Å²) in [6, 6.07) is 0. The quantitative estimate of drug-likeness (QED) is 0.493. The molecule has 0 radical (unpaired) electrons. The normalized spacial score (nSPS) is 10.7. The van der Waals surface area contributed by atoms with Gasteiger partial charge in [0, 0.05) is 31.1 Å². The third kappa shape index (κ3) is 2.80. The molecule has 0 aliphatic carbocycles. The van der Waals surface area contributed by atoms with E-state index in [9.17, 15) is 0 Å². The second kappa shape index (κ2) is 6.48. The third-order valence-corrected chi connectivity index (χ3v) is 3.53. The summed E-state index contributed by atoms with van der Waals surface area (Å²) < 4.78 is 5.17. The zero-order valence-corrected chi connectivity index (χ0v) is 16.4. The summed E-state index contributed by atoms with van der Waals surface area (Å²) in [6.07, 6.45) is 1.56. The minimum atomic E-state index is 0. The van der Waals surface area contributed by atoms with E-state index < -0.39 is 0 Å². The van der Waals surface area contributed by atoms with Crippen LogP contribution in [0.15, 0.2) is 0 Å². The fraction of sp³-hybridized carbons (Fsp3) is 0.417. The fourth-order valence-corrected chi connectivity index (χ4v) is 2.02. The van der Waals surface area contributed by atoms with E-state index in [1.54, 1.807) is 11.1 Å². The standard InChI is InChI=1S/C12H17N3OP.U/c1-7-8(2)10(4)12-11(9(7)3)13-15(14-12)5-16-6-17;/h6H,5,17H2,1-4H3;/q-1;. The molecule has 18 heavy (non-hydrogen) atoms. The van der Waals surface area contributed by atoms with Crippen molar-refractivity contribution in [3.8, 4) is 0 Å². The van der Waals surface area contributed by atoms with Gasteiger partial charge in [-0.2, -0.15) is 21.3 Å². The van der Waals surface area contributed by atoms with E-state index in [-0.39, 0.29) is 31.1 Å². The van der Waals surface area contributed by atoms with Crippen molar-refractivity contribution in [1.29, 1.82) is 0 Å². The first-order valence-corrected chi connectivity index (χ1v) is 6.19. The summed E-state index contributed by atoms with van der Waals surface area (Å²) >= 11 is 0. The van der Waals surface area contributed by atoms with Crippen molar-refractivity contribution in [3.63, 3.8) is 0 Å². The van der Waals surface area contributed by atoms with Gasteiger partial charge in [-0.05, 0) is 49.9 Å². The third-order valence-electron chi connectivity index (χ3n) is 3.34. The molecule has 0 aliphatic heterocycles. The number of hydrogen-bond donors (Lipinski definition) is 0. The Bertz CT molecular complexity index is 523. The number of ether oxygens (including phenoxy) is 1. The molecule has 6 heteroatoms. The second-order valence-corrected chi connectivity index (χ2v) is 4.47. The van der Waals surface area contributed by atoms with Crippen LogP contribution in [0.1, 0.15) is 22.3 Å². The predicted octanol–water partition coefficient (Wildman–Crippen LogP) is 2.63. The van der Waals surface area contributed by atoms with Gasteiger partial charge in [0.15, 0.2) is 0 Å². The molecule has 4 nitrogen and oxygen atoms in total. The van der Waals surface area contributed by atoms with E-state index >= 15 is 0 Å². The van der Waals surface area contributed by atoms with Crippen LogP contribution in [-0.2, 0) is 11.5 Å². The van der Waals surface area contributed by atoms with Crippen LogP contribution in [-0.4, -0.2) is 15.0 Å². The van der Waals surface area contributed by atoms with Crippen molar-refractivity contribution in [2.75, 3.05) is 0 Å². The Balaban J connectivity index is 0.00000162. The van der Waals surface area contributed by atoms with Crippen molar-refractivity contribution in [2.24, 2.45) is 0 Å². The molecule has 96 valence electrons. The Kier molecular flexibility index (Phi) is 5.80. The van der Waals surface area contributed by atoms with Crippen LogP contribution < -0.4 is 0 Å². The molecule has 0 N–H and O–H groups in total. The number of aryl methyl sites for hydroxylation is 2. The van der Waals surface area contributed by atoms with Crippen LogP contribution >= 0.6 is 9.24 Å².